The zero-order chi connectivity index (χ0) is 20.3. The first-order valence-electron chi connectivity index (χ1n) is 9.22. The molecule has 1 atom stereocenters. The fourth-order valence-electron chi connectivity index (χ4n) is 2.16. The zero-order valence-corrected chi connectivity index (χ0v) is 17.0. The highest BCUT2D eigenvalue weighted by Gasteiger charge is 2.38. The van der Waals surface area contributed by atoms with Crippen molar-refractivity contribution in [2.45, 2.75) is 58.7 Å². The second-order valence-electron chi connectivity index (χ2n) is 5.99. The molecule has 1 rings (SSSR count). The molecule has 0 saturated heterocycles. The highest BCUT2D eigenvalue weighted by atomic mass is 31.2. The molecule has 0 spiro atoms. The van der Waals surface area contributed by atoms with E-state index in [0.717, 1.165) is 12.8 Å². The highest BCUT2D eigenvalue weighted by molar-refractivity contribution is 7.54. The molecule has 1 unspecified atom stereocenters. The van der Waals surface area contributed by atoms with Gasteiger partial charge in [0.25, 0.3) is 5.69 Å². The lowest BCUT2D eigenvalue weighted by Crippen LogP contribution is -2.21. The Morgan fingerprint density at radius 1 is 1.07 bits per heavy atom. The van der Waals surface area contributed by atoms with Crippen LogP contribution < -0.4 is 0 Å². The number of hydrogen-bond acceptors (Lipinski definition) is 7. The summed E-state index contributed by atoms with van der Waals surface area (Å²) in [5.41, 5.74) is 0.00257. The van der Waals surface area contributed by atoms with Crippen molar-refractivity contribution in [2.75, 3.05) is 13.2 Å². The standard InChI is InChI=1S/C18H28NO7P/c1-4-7-13-24-27(23,25-14-8-5-2)17(6-3)26-18(20)15-9-11-16(12-10-15)19(21)22/h9-12,17H,4-8,13-14H2,1-3H3. The number of esters is 1. The minimum absolute atomic E-state index is 0.130. The molecule has 27 heavy (non-hydrogen) atoms. The van der Waals surface area contributed by atoms with Gasteiger partial charge in [-0.15, -0.1) is 0 Å². The summed E-state index contributed by atoms with van der Waals surface area (Å²) in [6.07, 6.45) is 3.43. The van der Waals surface area contributed by atoms with Crippen LogP contribution in [-0.2, 0) is 18.3 Å². The number of rotatable bonds is 13. The molecule has 0 N–H and O–H groups in total. The van der Waals surface area contributed by atoms with Crippen molar-refractivity contribution in [3.8, 4) is 0 Å². The zero-order valence-electron chi connectivity index (χ0n) is 16.1. The van der Waals surface area contributed by atoms with E-state index in [4.69, 9.17) is 13.8 Å². The van der Waals surface area contributed by atoms with Crippen LogP contribution in [0, 0.1) is 10.1 Å². The number of ether oxygens (including phenoxy) is 1. The van der Waals surface area contributed by atoms with E-state index >= 15 is 0 Å². The molecule has 1 aromatic carbocycles. The normalized spacial score (nSPS) is 12.6. The van der Waals surface area contributed by atoms with Crippen LogP contribution in [-0.4, -0.2) is 30.0 Å². The molecule has 0 aromatic heterocycles. The predicted molar refractivity (Wildman–Crippen MR) is 102 cm³/mol. The van der Waals surface area contributed by atoms with Gasteiger partial charge >= 0.3 is 13.6 Å². The van der Waals surface area contributed by atoms with Gasteiger partial charge in [0.05, 0.1) is 23.7 Å². The van der Waals surface area contributed by atoms with Crippen molar-refractivity contribution in [1.82, 2.24) is 0 Å². The molecule has 0 saturated carbocycles. The summed E-state index contributed by atoms with van der Waals surface area (Å²) in [7, 11) is -3.64. The molecule has 152 valence electrons. The van der Waals surface area contributed by atoms with Crippen LogP contribution in [0.25, 0.3) is 0 Å². The molecule has 8 nitrogen and oxygen atoms in total. The van der Waals surface area contributed by atoms with E-state index in [0.29, 0.717) is 12.8 Å². The predicted octanol–water partition coefficient (Wildman–Crippen LogP) is 5.31. The topological polar surface area (TPSA) is 105 Å². The lowest BCUT2D eigenvalue weighted by Gasteiger charge is -2.26. The summed E-state index contributed by atoms with van der Waals surface area (Å²) in [6.45, 7) is 6.21. The first kappa shape index (κ1) is 23.3. The largest absolute Gasteiger partial charge is 0.446 e. The monoisotopic (exact) mass is 401 g/mol. The van der Waals surface area contributed by atoms with Gasteiger partial charge in [0, 0.05) is 12.1 Å². The molecular formula is C18H28NO7P. The van der Waals surface area contributed by atoms with Crippen LogP contribution in [0.4, 0.5) is 5.69 Å². The Labute approximate surface area is 159 Å². The molecule has 0 aliphatic rings. The fraction of sp³-hybridized carbons (Fsp3) is 0.611. The smallest absolute Gasteiger partial charge is 0.370 e. The van der Waals surface area contributed by atoms with Crippen LogP contribution >= 0.6 is 7.60 Å². The van der Waals surface area contributed by atoms with Gasteiger partial charge in [-0.25, -0.2) is 4.79 Å². The molecule has 9 heteroatoms. The maximum Gasteiger partial charge on any atom is 0.370 e. The van der Waals surface area contributed by atoms with Crippen LogP contribution in [0.2, 0.25) is 0 Å². The molecular weight excluding hydrogens is 373 g/mol. The van der Waals surface area contributed by atoms with E-state index in [2.05, 4.69) is 0 Å². The van der Waals surface area contributed by atoms with Crippen molar-refractivity contribution in [3.63, 3.8) is 0 Å². The van der Waals surface area contributed by atoms with Gasteiger partial charge in [-0.2, -0.15) is 0 Å². The SMILES string of the molecule is CCCCOP(=O)(OCCCC)C(CC)OC(=O)c1ccc([N+](=O)[O-])cc1. The van der Waals surface area contributed by atoms with Crippen molar-refractivity contribution in [2.24, 2.45) is 0 Å². The fourth-order valence-corrected chi connectivity index (χ4v) is 4.00. The molecule has 1 aromatic rings. The average Bonchev–Trinajstić information content (AvgIpc) is 2.66. The molecule has 0 aliphatic carbocycles. The quantitative estimate of drug-likeness (QED) is 0.145. The van der Waals surface area contributed by atoms with Gasteiger partial charge in [-0.1, -0.05) is 33.6 Å². The Balaban J connectivity index is 2.89. The summed E-state index contributed by atoms with van der Waals surface area (Å²) >= 11 is 0. The molecule has 0 aliphatic heterocycles. The van der Waals surface area contributed by atoms with E-state index in [1.807, 2.05) is 13.8 Å². The molecule has 0 fully saturated rings. The first-order chi connectivity index (χ1) is 12.9. The second kappa shape index (κ2) is 11.8. The van der Waals surface area contributed by atoms with Crippen molar-refractivity contribution in [1.29, 1.82) is 0 Å². The number of carbonyl (C=O) groups is 1. The Hall–Kier alpha value is -1.76. The van der Waals surface area contributed by atoms with Gasteiger partial charge in [-0.3, -0.25) is 14.7 Å². The Morgan fingerprint density at radius 2 is 1.59 bits per heavy atom. The van der Waals surface area contributed by atoms with Gasteiger partial charge in [0.1, 0.15) is 0 Å². The first-order valence-corrected chi connectivity index (χ1v) is 10.8. The number of carbonyl (C=O) groups excluding carboxylic acids is 1. The third kappa shape index (κ3) is 7.40. The Kier molecular flexibility index (Phi) is 10.2. The summed E-state index contributed by atoms with van der Waals surface area (Å²) in [5, 5.41) is 10.7. The summed E-state index contributed by atoms with van der Waals surface area (Å²) < 4.78 is 29.6. The third-order valence-electron chi connectivity index (χ3n) is 3.80. The van der Waals surface area contributed by atoms with E-state index < -0.39 is 24.3 Å². The molecule has 0 heterocycles. The molecule has 0 bridgehead atoms. The van der Waals surface area contributed by atoms with Crippen molar-refractivity contribution >= 4 is 19.3 Å². The van der Waals surface area contributed by atoms with Crippen molar-refractivity contribution < 1.29 is 28.1 Å². The van der Waals surface area contributed by atoms with Gasteiger partial charge in [0.2, 0.25) is 5.85 Å². The third-order valence-corrected chi connectivity index (χ3v) is 6.06. The molecule has 0 radical (unpaired) electrons. The van der Waals surface area contributed by atoms with E-state index in [1.54, 1.807) is 6.92 Å². The Morgan fingerprint density at radius 3 is 2.00 bits per heavy atom. The number of nitrogens with zero attached hydrogens (tertiary/aromatic N) is 1. The number of benzene rings is 1. The summed E-state index contributed by atoms with van der Waals surface area (Å²) in [6, 6.07) is 5.03. The van der Waals surface area contributed by atoms with E-state index in [1.165, 1.54) is 24.3 Å². The average molecular weight is 401 g/mol. The Bertz CT molecular complexity index is 634. The lowest BCUT2D eigenvalue weighted by molar-refractivity contribution is -0.384. The van der Waals surface area contributed by atoms with Gasteiger partial charge in [-0.05, 0) is 31.4 Å². The van der Waals surface area contributed by atoms with Gasteiger partial charge < -0.3 is 13.8 Å². The number of nitro groups is 1. The van der Waals surface area contributed by atoms with Crippen LogP contribution in [0.3, 0.4) is 0 Å². The van der Waals surface area contributed by atoms with Gasteiger partial charge in [0.15, 0.2) is 0 Å². The summed E-state index contributed by atoms with van der Waals surface area (Å²) in [5.74, 6) is -1.76. The number of nitro benzene ring substituents is 1. The lowest BCUT2D eigenvalue weighted by atomic mass is 10.2. The van der Waals surface area contributed by atoms with Crippen LogP contribution in [0.1, 0.15) is 63.2 Å². The minimum atomic E-state index is -3.64. The van der Waals surface area contributed by atoms with Crippen LogP contribution in [0.15, 0.2) is 24.3 Å². The summed E-state index contributed by atoms with van der Waals surface area (Å²) in [4.78, 5) is 22.5. The minimum Gasteiger partial charge on any atom is -0.446 e. The number of hydrogen-bond donors (Lipinski definition) is 0. The maximum atomic E-state index is 13.2. The van der Waals surface area contributed by atoms with E-state index in [-0.39, 0.29) is 30.9 Å². The number of non-ortho nitro benzene ring substituents is 1. The second-order valence-corrected chi connectivity index (χ2v) is 8.16. The highest BCUT2D eigenvalue weighted by Crippen LogP contribution is 2.55. The maximum absolute atomic E-state index is 13.2. The number of unbranched alkanes of at least 4 members (excludes halogenated alkanes) is 2. The molecule has 0 amide bonds. The van der Waals surface area contributed by atoms with Crippen molar-refractivity contribution in [3.05, 3.63) is 39.9 Å². The van der Waals surface area contributed by atoms with Crippen LogP contribution in [0.5, 0.6) is 0 Å². The van der Waals surface area contributed by atoms with E-state index in [9.17, 15) is 19.5 Å².